The molecule has 2 aromatic heterocycles. The Hall–Kier alpha value is -1.68. The van der Waals surface area contributed by atoms with E-state index in [4.69, 9.17) is 16.6 Å². The Bertz CT molecular complexity index is 642. The number of pyridine rings is 1. The number of anilines is 1. The van der Waals surface area contributed by atoms with Gasteiger partial charge >= 0.3 is 0 Å². The Kier molecular flexibility index (Phi) is 4.34. The molecule has 0 atom stereocenters. The SMILES string of the molecule is CCNc1nc(-c2ncccc2Cl)nc2c1CCCCC2. The van der Waals surface area contributed by atoms with Crippen molar-refractivity contribution in [2.24, 2.45) is 0 Å². The first-order valence-corrected chi connectivity index (χ1v) is 7.92. The van der Waals surface area contributed by atoms with Crippen molar-refractivity contribution in [1.29, 1.82) is 0 Å². The summed E-state index contributed by atoms with van der Waals surface area (Å²) in [5.74, 6) is 1.57. The fourth-order valence-corrected chi connectivity index (χ4v) is 2.95. The van der Waals surface area contributed by atoms with Crippen LogP contribution in [0.4, 0.5) is 5.82 Å². The highest BCUT2D eigenvalue weighted by Gasteiger charge is 2.18. The van der Waals surface area contributed by atoms with E-state index in [9.17, 15) is 0 Å². The van der Waals surface area contributed by atoms with Crippen LogP contribution < -0.4 is 5.32 Å². The second-order valence-corrected chi connectivity index (χ2v) is 5.65. The van der Waals surface area contributed by atoms with Crippen molar-refractivity contribution >= 4 is 17.4 Å². The highest BCUT2D eigenvalue weighted by molar-refractivity contribution is 6.32. The summed E-state index contributed by atoms with van der Waals surface area (Å²) in [6, 6.07) is 3.65. The average molecular weight is 303 g/mol. The first-order valence-electron chi connectivity index (χ1n) is 7.54. The predicted molar refractivity (Wildman–Crippen MR) is 85.7 cm³/mol. The Balaban J connectivity index is 2.12. The van der Waals surface area contributed by atoms with Gasteiger partial charge in [-0.25, -0.2) is 9.97 Å². The van der Waals surface area contributed by atoms with E-state index >= 15 is 0 Å². The molecule has 0 spiro atoms. The summed E-state index contributed by atoms with van der Waals surface area (Å²) >= 11 is 6.24. The normalized spacial score (nSPS) is 14.4. The molecule has 4 nitrogen and oxygen atoms in total. The molecule has 0 fully saturated rings. The van der Waals surface area contributed by atoms with E-state index in [0.29, 0.717) is 16.5 Å². The monoisotopic (exact) mass is 302 g/mol. The van der Waals surface area contributed by atoms with Crippen LogP contribution in [0.15, 0.2) is 18.3 Å². The van der Waals surface area contributed by atoms with Gasteiger partial charge < -0.3 is 5.32 Å². The molecule has 0 radical (unpaired) electrons. The number of nitrogens with one attached hydrogen (secondary N) is 1. The lowest BCUT2D eigenvalue weighted by atomic mass is 10.1. The molecule has 0 saturated heterocycles. The lowest BCUT2D eigenvalue weighted by molar-refractivity contribution is 0.709. The Morgan fingerprint density at radius 1 is 1.19 bits per heavy atom. The molecular weight excluding hydrogens is 284 g/mol. The van der Waals surface area contributed by atoms with Crippen LogP contribution in [0.2, 0.25) is 5.02 Å². The first-order chi connectivity index (χ1) is 10.3. The van der Waals surface area contributed by atoms with Crippen molar-refractivity contribution in [1.82, 2.24) is 15.0 Å². The summed E-state index contributed by atoms with van der Waals surface area (Å²) < 4.78 is 0. The third-order valence-electron chi connectivity index (χ3n) is 3.75. The number of fused-ring (bicyclic) bond motifs is 1. The molecule has 0 aromatic carbocycles. The van der Waals surface area contributed by atoms with E-state index in [0.717, 1.165) is 30.9 Å². The molecule has 0 saturated carbocycles. The van der Waals surface area contributed by atoms with Crippen LogP contribution in [-0.4, -0.2) is 21.5 Å². The molecule has 1 N–H and O–H groups in total. The Morgan fingerprint density at radius 2 is 2.05 bits per heavy atom. The summed E-state index contributed by atoms with van der Waals surface area (Å²) in [6.45, 7) is 2.93. The minimum Gasteiger partial charge on any atom is -0.370 e. The van der Waals surface area contributed by atoms with Crippen molar-refractivity contribution in [3.8, 4) is 11.5 Å². The predicted octanol–water partition coefficient (Wildman–Crippen LogP) is 3.89. The summed E-state index contributed by atoms with van der Waals surface area (Å²) in [5.41, 5.74) is 3.07. The van der Waals surface area contributed by atoms with Crippen LogP contribution >= 0.6 is 11.6 Å². The van der Waals surface area contributed by atoms with E-state index in [-0.39, 0.29) is 0 Å². The lowest BCUT2D eigenvalue weighted by Crippen LogP contribution is -2.09. The largest absolute Gasteiger partial charge is 0.370 e. The standard InChI is InChI=1S/C16H19ClN4/c1-2-18-15-11-7-4-3-5-9-13(11)20-16(21-15)14-12(17)8-6-10-19-14/h6,8,10H,2-5,7,9H2,1H3,(H,18,20,21). The molecule has 0 amide bonds. The molecule has 5 heteroatoms. The molecule has 21 heavy (non-hydrogen) atoms. The number of hydrogen-bond acceptors (Lipinski definition) is 4. The molecule has 1 aliphatic carbocycles. The van der Waals surface area contributed by atoms with Crippen molar-refractivity contribution in [2.45, 2.75) is 39.0 Å². The number of aryl methyl sites for hydroxylation is 1. The second kappa shape index (κ2) is 6.39. The van der Waals surface area contributed by atoms with Gasteiger partial charge in [-0.15, -0.1) is 0 Å². The average Bonchev–Trinajstić information content (AvgIpc) is 2.73. The van der Waals surface area contributed by atoms with Crippen molar-refractivity contribution in [3.05, 3.63) is 34.6 Å². The van der Waals surface area contributed by atoms with Gasteiger partial charge in [0.05, 0.1) is 5.02 Å². The van der Waals surface area contributed by atoms with Gasteiger partial charge in [-0.3, -0.25) is 4.98 Å². The number of rotatable bonds is 3. The Morgan fingerprint density at radius 3 is 2.86 bits per heavy atom. The van der Waals surface area contributed by atoms with Gasteiger partial charge in [0.1, 0.15) is 11.5 Å². The van der Waals surface area contributed by atoms with E-state index in [2.05, 4.69) is 22.2 Å². The number of aromatic nitrogens is 3. The van der Waals surface area contributed by atoms with Crippen molar-refractivity contribution in [2.75, 3.05) is 11.9 Å². The highest BCUT2D eigenvalue weighted by atomic mass is 35.5. The number of nitrogens with zero attached hydrogens (tertiary/aromatic N) is 3. The van der Waals surface area contributed by atoms with E-state index in [1.807, 2.05) is 12.1 Å². The summed E-state index contributed by atoms with van der Waals surface area (Å²) in [6.07, 6.45) is 7.43. The van der Waals surface area contributed by atoms with Gasteiger partial charge in [-0.05, 0) is 44.7 Å². The summed E-state index contributed by atoms with van der Waals surface area (Å²) in [5, 5.41) is 3.96. The van der Waals surface area contributed by atoms with Crippen molar-refractivity contribution in [3.63, 3.8) is 0 Å². The topological polar surface area (TPSA) is 50.7 Å². The van der Waals surface area contributed by atoms with Crippen LogP contribution in [0.3, 0.4) is 0 Å². The van der Waals surface area contributed by atoms with Crippen LogP contribution in [0.5, 0.6) is 0 Å². The van der Waals surface area contributed by atoms with Crippen LogP contribution in [0, 0.1) is 0 Å². The first kappa shape index (κ1) is 14.3. The number of halogens is 1. The third-order valence-corrected chi connectivity index (χ3v) is 4.05. The highest BCUT2D eigenvalue weighted by Crippen LogP contribution is 2.29. The third kappa shape index (κ3) is 3.00. The molecule has 0 aliphatic heterocycles. The van der Waals surface area contributed by atoms with Gasteiger partial charge in [0.2, 0.25) is 0 Å². The maximum absolute atomic E-state index is 6.24. The quantitative estimate of drug-likeness (QED) is 0.874. The maximum Gasteiger partial charge on any atom is 0.181 e. The molecule has 110 valence electrons. The molecule has 2 aromatic rings. The van der Waals surface area contributed by atoms with E-state index in [1.54, 1.807) is 6.20 Å². The van der Waals surface area contributed by atoms with Crippen LogP contribution in [-0.2, 0) is 12.8 Å². The van der Waals surface area contributed by atoms with Gasteiger partial charge in [0, 0.05) is 24.0 Å². The zero-order chi connectivity index (χ0) is 14.7. The lowest BCUT2D eigenvalue weighted by Gasteiger charge is -2.14. The Labute approximate surface area is 130 Å². The summed E-state index contributed by atoms with van der Waals surface area (Å²) in [7, 11) is 0. The fourth-order valence-electron chi connectivity index (χ4n) is 2.74. The molecule has 0 bridgehead atoms. The second-order valence-electron chi connectivity index (χ2n) is 5.25. The van der Waals surface area contributed by atoms with Gasteiger partial charge in [-0.1, -0.05) is 18.0 Å². The molecule has 0 unspecified atom stereocenters. The minimum absolute atomic E-state index is 0.591. The molecule has 1 aliphatic rings. The van der Waals surface area contributed by atoms with Crippen LogP contribution in [0.25, 0.3) is 11.5 Å². The fraction of sp³-hybridized carbons (Fsp3) is 0.438. The molecule has 3 rings (SSSR count). The van der Waals surface area contributed by atoms with Crippen molar-refractivity contribution < 1.29 is 0 Å². The molecular formula is C16H19ClN4. The van der Waals surface area contributed by atoms with Gasteiger partial charge in [0.15, 0.2) is 5.82 Å². The maximum atomic E-state index is 6.24. The zero-order valence-corrected chi connectivity index (χ0v) is 13.0. The zero-order valence-electron chi connectivity index (χ0n) is 12.2. The van der Waals surface area contributed by atoms with Gasteiger partial charge in [0.25, 0.3) is 0 Å². The number of hydrogen-bond donors (Lipinski definition) is 1. The molecule has 2 heterocycles. The van der Waals surface area contributed by atoms with Gasteiger partial charge in [-0.2, -0.15) is 0 Å². The summed E-state index contributed by atoms with van der Waals surface area (Å²) in [4.78, 5) is 13.8. The smallest absolute Gasteiger partial charge is 0.181 e. The van der Waals surface area contributed by atoms with E-state index < -0.39 is 0 Å². The minimum atomic E-state index is 0.591. The van der Waals surface area contributed by atoms with Crippen LogP contribution in [0.1, 0.15) is 37.4 Å². The van der Waals surface area contributed by atoms with E-state index in [1.165, 1.54) is 24.8 Å².